The smallest absolute Gasteiger partial charge is 0.222 e. The molecule has 4 heterocycles. The summed E-state index contributed by atoms with van der Waals surface area (Å²) in [4.78, 5) is 20.0. The fourth-order valence-electron chi connectivity index (χ4n) is 3.99. The topological polar surface area (TPSA) is 123 Å². The Labute approximate surface area is 168 Å². The second-order valence-electron chi connectivity index (χ2n) is 7.09. The Kier molecular flexibility index (Phi) is 4.87. The number of hydrogen-bond donors (Lipinski definition) is 3. The van der Waals surface area contributed by atoms with E-state index in [0.29, 0.717) is 17.8 Å². The van der Waals surface area contributed by atoms with Crippen LogP contribution in [0.3, 0.4) is 0 Å². The number of nitrogens with two attached hydrogens (primary N) is 1. The van der Waals surface area contributed by atoms with E-state index in [9.17, 15) is 4.91 Å². The van der Waals surface area contributed by atoms with Crippen molar-refractivity contribution in [1.29, 1.82) is 0 Å². The summed E-state index contributed by atoms with van der Waals surface area (Å²) >= 11 is 0. The maximum absolute atomic E-state index is 11.0. The van der Waals surface area contributed by atoms with E-state index in [1.807, 2.05) is 26.2 Å². The van der Waals surface area contributed by atoms with Gasteiger partial charge >= 0.3 is 0 Å². The van der Waals surface area contributed by atoms with Gasteiger partial charge in [-0.25, -0.2) is 9.97 Å². The molecule has 0 atom stereocenters. The molecule has 29 heavy (non-hydrogen) atoms. The number of aryl methyl sites for hydroxylation is 2. The molecule has 0 saturated carbocycles. The van der Waals surface area contributed by atoms with Crippen molar-refractivity contribution in [2.75, 3.05) is 30.5 Å². The van der Waals surface area contributed by atoms with Crippen molar-refractivity contribution in [3.63, 3.8) is 0 Å². The minimum atomic E-state index is 0.00452. The van der Waals surface area contributed by atoms with E-state index >= 15 is 0 Å². The summed E-state index contributed by atoms with van der Waals surface area (Å²) in [5.41, 5.74) is 12.9. The Morgan fingerprint density at radius 1 is 1.21 bits per heavy atom. The highest BCUT2D eigenvalue weighted by Gasteiger charge is 2.21. The summed E-state index contributed by atoms with van der Waals surface area (Å²) in [5.74, 6) is 0.811. The quantitative estimate of drug-likeness (QED) is 0.550. The molecule has 9 heteroatoms. The SMILES string of the molecule is CNc1nc(Cc2c(C)nc(N=O)c(N)c2NC)ccc1-c1cnn2c1CCC2. The fourth-order valence-corrected chi connectivity index (χ4v) is 3.99. The predicted octanol–water partition coefficient (Wildman–Crippen LogP) is 3.25. The first-order valence-corrected chi connectivity index (χ1v) is 9.60. The van der Waals surface area contributed by atoms with E-state index in [1.165, 1.54) is 5.69 Å². The van der Waals surface area contributed by atoms with Crippen LogP contribution in [0.4, 0.5) is 23.0 Å². The van der Waals surface area contributed by atoms with Gasteiger partial charge in [0.15, 0.2) is 0 Å². The molecule has 1 aliphatic rings. The lowest BCUT2D eigenvalue weighted by Crippen LogP contribution is -2.07. The standard InChI is InChI=1S/C20H24N8O/c1-11-14(18(22-2)17(21)20(25-11)27-29)9-12-6-7-13(19(23-3)26-12)15-10-24-28-8-4-5-16(15)28/h6-7,10H,4-5,8-9,21H2,1-3H3,(H,22,25)(H,23,26). The van der Waals surface area contributed by atoms with Crippen LogP contribution in [-0.4, -0.2) is 33.8 Å². The van der Waals surface area contributed by atoms with Crippen LogP contribution in [0.1, 0.15) is 29.1 Å². The van der Waals surface area contributed by atoms with Gasteiger partial charge < -0.3 is 16.4 Å². The molecule has 150 valence electrons. The number of nitrogens with one attached hydrogen (secondary N) is 2. The second-order valence-corrected chi connectivity index (χ2v) is 7.09. The Morgan fingerprint density at radius 3 is 2.76 bits per heavy atom. The summed E-state index contributed by atoms with van der Waals surface area (Å²) in [6.45, 7) is 2.82. The van der Waals surface area contributed by atoms with Crippen molar-refractivity contribution in [2.45, 2.75) is 32.7 Å². The van der Waals surface area contributed by atoms with Crippen molar-refractivity contribution in [3.05, 3.63) is 45.9 Å². The molecule has 0 radical (unpaired) electrons. The average Bonchev–Trinajstić information content (AvgIpc) is 3.34. The molecule has 4 N–H and O–H groups in total. The van der Waals surface area contributed by atoms with Gasteiger partial charge in [-0.05, 0) is 37.1 Å². The first-order chi connectivity index (χ1) is 14.1. The molecule has 0 aromatic carbocycles. The Morgan fingerprint density at radius 2 is 2.03 bits per heavy atom. The second kappa shape index (κ2) is 7.50. The first kappa shape index (κ1) is 18.9. The maximum Gasteiger partial charge on any atom is 0.222 e. The highest BCUT2D eigenvalue weighted by Crippen LogP contribution is 2.36. The van der Waals surface area contributed by atoms with E-state index < -0.39 is 0 Å². The van der Waals surface area contributed by atoms with Crippen LogP contribution in [0.15, 0.2) is 23.5 Å². The molecule has 4 rings (SSSR count). The molecule has 0 fully saturated rings. The van der Waals surface area contributed by atoms with Gasteiger partial charge in [-0.15, -0.1) is 4.91 Å². The van der Waals surface area contributed by atoms with Crippen LogP contribution in [-0.2, 0) is 19.4 Å². The zero-order chi connectivity index (χ0) is 20.5. The molecule has 1 aliphatic heterocycles. The van der Waals surface area contributed by atoms with Gasteiger partial charge in [0, 0.05) is 60.8 Å². The third-order valence-corrected chi connectivity index (χ3v) is 5.43. The molecule has 0 unspecified atom stereocenters. The zero-order valence-corrected chi connectivity index (χ0v) is 16.8. The van der Waals surface area contributed by atoms with E-state index in [0.717, 1.165) is 47.6 Å². The molecule has 0 aliphatic carbocycles. The highest BCUT2D eigenvalue weighted by molar-refractivity contribution is 5.80. The van der Waals surface area contributed by atoms with Gasteiger partial charge in [0.2, 0.25) is 5.82 Å². The fraction of sp³-hybridized carbons (Fsp3) is 0.350. The Bertz CT molecular complexity index is 1090. The van der Waals surface area contributed by atoms with Crippen molar-refractivity contribution < 1.29 is 0 Å². The normalized spacial score (nSPS) is 12.7. The van der Waals surface area contributed by atoms with Crippen molar-refractivity contribution >= 4 is 23.0 Å². The van der Waals surface area contributed by atoms with Gasteiger partial charge in [-0.1, -0.05) is 0 Å². The van der Waals surface area contributed by atoms with Crippen molar-refractivity contribution in [1.82, 2.24) is 19.7 Å². The maximum atomic E-state index is 11.0. The summed E-state index contributed by atoms with van der Waals surface area (Å²) in [6.07, 6.45) is 4.61. The summed E-state index contributed by atoms with van der Waals surface area (Å²) < 4.78 is 2.07. The van der Waals surface area contributed by atoms with Crippen molar-refractivity contribution in [3.8, 4) is 11.1 Å². The number of anilines is 3. The largest absolute Gasteiger partial charge is 0.394 e. The molecular formula is C20H24N8O. The summed E-state index contributed by atoms with van der Waals surface area (Å²) in [7, 11) is 3.63. The van der Waals surface area contributed by atoms with Crippen molar-refractivity contribution in [2.24, 2.45) is 5.18 Å². The van der Waals surface area contributed by atoms with Gasteiger partial charge in [0.1, 0.15) is 11.5 Å². The lowest BCUT2D eigenvalue weighted by molar-refractivity contribution is 0.656. The number of pyridine rings is 2. The number of nitrogens with zero attached hydrogens (tertiary/aromatic N) is 5. The third-order valence-electron chi connectivity index (χ3n) is 5.43. The number of rotatable bonds is 6. The van der Waals surface area contributed by atoms with Gasteiger partial charge in [0.25, 0.3) is 0 Å². The number of hydrogen-bond acceptors (Lipinski definition) is 8. The predicted molar refractivity (Wildman–Crippen MR) is 115 cm³/mol. The van der Waals surface area contributed by atoms with Crippen LogP contribution < -0.4 is 16.4 Å². The van der Waals surface area contributed by atoms with Crippen LogP contribution in [0.5, 0.6) is 0 Å². The molecule has 3 aromatic rings. The number of nitrogen functional groups attached to an aromatic ring is 1. The van der Waals surface area contributed by atoms with E-state index in [-0.39, 0.29) is 11.5 Å². The number of fused-ring (bicyclic) bond motifs is 1. The average molecular weight is 392 g/mol. The minimum Gasteiger partial charge on any atom is -0.394 e. The zero-order valence-electron chi connectivity index (χ0n) is 16.8. The molecule has 0 spiro atoms. The molecule has 0 saturated heterocycles. The first-order valence-electron chi connectivity index (χ1n) is 9.60. The van der Waals surface area contributed by atoms with Gasteiger partial charge in [-0.2, -0.15) is 5.10 Å². The van der Waals surface area contributed by atoms with Crippen LogP contribution in [0.2, 0.25) is 0 Å². The highest BCUT2D eigenvalue weighted by atomic mass is 16.3. The number of nitroso groups, excluding NO2 is 1. The molecular weight excluding hydrogens is 368 g/mol. The molecule has 0 amide bonds. The van der Waals surface area contributed by atoms with Crippen LogP contribution in [0, 0.1) is 11.8 Å². The van der Waals surface area contributed by atoms with Crippen LogP contribution in [0.25, 0.3) is 11.1 Å². The summed E-state index contributed by atoms with van der Waals surface area (Å²) in [6, 6.07) is 4.09. The lowest BCUT2D eigenvalue weighted by atomic mass is 10.0. The lowest BCUT2D eigenvalue weighted by Gasteiger charge is -2.16. The van der Waals surface area contributed by atoms with Gasteiger partial charge in [0.05, 0.1) is 11.9 Å². The minimum absolute atomic E-state index is 0.00452. The van der Waals surface area contributed by atoms with Gasteiger partial charge in [-0.3, -0.25) is 4.68 Å². The summed E-state index contributed by atoms with van der Waals surface area (Å²) in [5, 5.41) is 13.7. The van der Waals surface area contributed by atoms with E-state index in [4.69, 9.17) is 10.7 Å². The molecule has 9 nitrogen and oxygen atoms in total. The Balaban J connectivity index is 1.73. The monoisotopic (exact) mass is 392 g/mol. The third kappa shape index (κ3) is 3.18. The molecule has 0 bridgehead atoms. The number of aromatic nitrogens is 4. The Hall–Kier alpha value is -3.49. The van der Waals surface area contributed by atoms with Crippen LogP contribution >= 0.6 is 0 Å². The van der Waals surface area contributed by atoms with E-state index in [2.05, 4.69) is 36.6 Å². The van der Waals surface area contributed by atoms with E-state index in [1.54, 1.807) is 7.05 Å². The molecule has 3 aromatic heterocycles.